The van der Waals surface area contributed by atoms with Gasteiger partial charge in [0.2, 0.25) is 0 Å². The van der Waals surface area contributed by atoms with Crippen LogP contribution in [-0.4, -0.2) is 24.7 Å². The third kappa shape index (κ3) is 4.22. The highest BCUT2D eigenvalue weighted by Gasteiger charge is 2.34. The van der Waals surface area contributed by atoms with E-state index in [-0.39, 0.29) is 0 Å². The fourth-order valence-corrected chi connectivity index (χ4v) is 5.13. The summed E-state index contributed by atoms with van der Waals surface area (Å²) in [4.78, 5) is 0. The van der Waals surface area contributed by atoms with Gasteiger partial charge in [-0.2, -0.15) is 0 Å². The molecule has 2 saturated carbocycles. The van der Waals surface area contributed by atoms with Crippen molar-refractivity contribution in [3.05, 3.63) is 0 Å². The maximum atomic E-state index is 4.11. The van der Waals surface area contributed by atoms with Crippen LogP contribution in [0.1, 0.15) is 84.0 Å². The van der Waals surface area contributed by atoms with Crippen LogP contribution in [0.4, 0.5) is 0 Å². The second kappa shape index (κ2) is 7.97. The molecule has 3 rings (SSSR count). The zero-order chi connectivity index (χ0) is 14.5. The number of hydrogen-bond donors (Lipinski definition) is 2. The summed E-state index contributed by atoms with van der Waals surface area (Å²) in [6.45, 7) is 3.62. The molecule has 2 nitrogen and oxygen atoms in total. The van der Waals surface area contributed by atoms with Crippen molar-refractivity contribution in [3.8, 4) is 0 Å². The summed E-state index contributed by atoms with van der Waals surface area (Å²) in [5.74, 6) is 1.92. The lowest BCUT2D eigenvalue weighted by molar-refractivity contribution is 0.157. The second-order valence-corrected chi connectivity index (χ2v) is 7.90. The first-order valence-corrected chi connectivity index (χ1v) is 9.86. The monoisotopic (exact) mass is 292 g/mol. The van der Waals surface area contributed by atoms with Gasteiger partial charge in [0, 0.05) is 18.1 Å². The highest BCUT2D eigenvalue weighted by Crippen LogP contribution is 2.33. The van der Waals surface area contributed by atoms with Gasteiger partial charge in [0.25, 0.3) is 0 Å². The molecule has 0 bridgehead atoms. The van der Waals surface area contributed by atoms with Gasteiger partial charge in [-0.05, 0) is 69.7 Å². The van der Waals surface area contributed by atoms with E-state index in [0.717, 1.165) is 30.0 Å². The first-order valence-electron chi connectivity index (χ1n) is 9.86. The number of rotatable bonds is 4. The van der Waals surface area contributed by atoms with Gasteiger partial charge in [-0.25, -0.2) is 0 Å². The number of hydrogen-bond acceptors (Lipinski definition) is 2. The highest BCUT2D eigenvalue weighted by atomic mass is 15.0. The van der Waals surface area contributed by atoms with Crippen LogP contribution < -0.4 is 10.6 Å². The summed E-state index contributed by atoms with van der Waals surface area (Å²) in [6.07, 6.45) is 17.2. The van der Waals surface area contributed by atoms with Crippen molar-refractivity contribution in [3.63, 3.8) is 0 Å². The molecule has 0 amide bonds. The normalized spacial score (nSPS) is 41.9. The molecule has 3 atom stereocenters. The molecule has 2 heteroatoms. The van der Waals surface area contributed by atoms with E-state index < -0.39 is 0 Å². The van der Waals surface area contributed by atoms with Crippen molar-refractivity contribution < 1.29 is 0 Å². The Morgan fingerprint density at radius 3 is 2.33 bits per heavy atom. The summed E-state index contributed by atoms with van der Waals surface area (Å²) in [7, 11) is 0. The highest BCUT2D eigenvalue weighted by molar-refractivity contribution is 4.92. The van der Waals surface area contributed by atoms with E-state index in [2.05, 4.69) is 17.6 Å². The van der Waals surface area contributed by atoms with E-state index in [1.165, 1.54) is 83.6 Å². The zero-order valence-corrected chi connectivity index (χ0v) is 14.1. The quantitative estimate of drug-likeness (QED) is 0.809. The third-order valence-electron chi connectivity index (χ3n) is 6.56. The summed E-state index contributed by atoms with van der Waals surface area (Å²) in [5.41, 5.74) is 0. The predicted molar refractivity (Wildman–Crippen MR) is 90.6 cm³/mol. The zero-order valence-electron chi connectivity index (χ0n) is 14.1. The van der Waals surface area contributed by atoms with Crippen molar-refractivity contribution in [1.29, 1.82) is 0 Å². The van der Waals surface area contributed by atoms with Crippen LogP contribution in [0.2, 0.25) is 0 Å². The predicted octanol–water partition coefficient (Wildman–Crippen LogP) is 4.25. The molecule has 122 valence electrons. The van der Waals surface area contributed by atoms with Crippen LogP contribution in [0, 0.1) is 11.8 Å². The first kappa shape index (κ1) is 15.8. The van der Waals surface area contributed by atoms with E-state index >= 15 is 0 Å². The Labute approximate surface area is 131 Å². The summed E-state index contributed by atoms with van der Waals surface area (Å²) in [5, 5.41) is 7.94. The lowest BCUT2D eigenvalue weighted by Gasteiger charge is -2.42. The summed E-state index contributed by atoms with van der Waals surface area (Å²) in [6, 6.07) is 2.43. The molecule has 21 heavy (non-hydrogen) atoms. The van der Waals surface area contributed by atoms with Crippen LogP contribution in [0.15, 0.2) is 0 Å². The Hall–Kier alpha value is -0.0800. The smallest absolute Gasteiger partial charge is 0.0113 e. The lowest BCUT2D eigenvalue weighted by atomic mass is 9.76. The second-order valence-electron chi connectivity index (χ2n) is 7.90. The Morgan fingerprint density at radius 2 is 1.62 bits per heavy atom. The van der Waals surface area contributed by atoms with E-state index in [1.807, 2.05) is 0 Å². The van der Waals surface area contributed by atoms with Crippen LogP contribution in [-0.2, 0) is 0 Å². The molecule has 0 aromatic heterocycles. The average Bonchev–Trinajstić information content (AvgIpc) is 2.57. The van der Waals surface area contributed by atoms with Crippen molar-refractivity contribution in [2.75, 3.05) is 6.54 Å². The molecule has 3 unspecified atom stereocenters. The van der Waals surface area contributed by atoms with Gasteiger partial charge in [0.15, 0.2) is 0 Å². The molecule has 0 aromatic rings. The third-order valence-corrected chi connectivity index (χ3v) is 6.56. The summed E-state index contributed by atoms with van der Waals surface area (Å²) < 4.78 is 0. The Balaban J connectivity index is 1.52. The fourth-order valence-electron chi connectivity index (χ4n) is 5.13. The molecule has 3 aliphatic rings. The van der Waals surface area contributed by atoms with E-state index in [4.69, 9.17) is 0 Å². The molecule has 1 aliphatic heterocycles. The van der Waals surface area contributed by atoms with Gasteiger partial charge in [0.05, 0.1) is 0 Å². The van der Waals surface area contributed by atoms with Crippen molar-refractivity contribution in [2.45, 2.75) is 102 Å². The van der Waals surface area contributed by atoms with Crippen LogP contribution in [0.5, 0.6) is 0 Å². The number of nitrogens with one attached hydrogen (secondary N) is 2. The summed E-state index contributed by atoms with van der Waals surface area (Å²) >= 11 is 0. The molecule has 0 spiro atoms. The molecule has 1 saturated heterocycles. The van der Waals surface area contributed by atoms with Crippen LogP contribution >= 0.6 is 0 Å². The Kier molecular flexibility index (Phi) is 5.99. The fraction of sp³-hybridized carbons (Fsp3) is 1.00. The minimum Gasteiger partial charge on any atom is -0.314 e. The molecule has 3 fully saturated rings. The van der Waals surface area contributed by atoms with Crippen LogP contribution in [0.25, 0.3) is 0 Å². The minimum absolute atomic E-state index is 0.803. The van der Waals surface area contributed by atoms with Gasteiger partial charge < -0.3 is 10.6 Å². The molecule has 2 N–H and O–H groups in total. The van der Waals surface area contributed by atoms with Gasteiger partial charge >= 0.3 is 0 Å². The number of piperidine rings is 1. The van der Waals surface area contributed by atoms with E-state index in [1.54, 1.807) is 0 Å². The van der Waals surface area contributed by atoms with Crippen molar-refractivity contribution in [2.24, 2.45) is 11.8 Å². The Bertz CT molecular complexity index is 290. The topological polar surface area (TPSA) is 24.1 Å². The SMILES string of the molecule is CCC1CCC(NC2CCCCC2C2CCCCN2)CC1. The minimum atomic E-state index is 0.803. The largest absolute Gasteiger partial charge is 0.314 e. The van der Waals surface area contributed by atoms with E-state index in [9.17, 15) is 0 Å². The van der Waals surface area contributed by atoms with Gasteiger partial charge in [0.1, 0.15) is 0 Å². The lowest BCUT2D eigenvalue weighted by Crippen LogP contribution is -2.53. The first-order chi connectivity index (χ1) is 10.4. The van der Waals surface area contributed by atoms with Crippen molar-refractivity contribution >= 4 is 0 Å². The molecule has 1 heterocycles. The molecular weight excluding hydrogens is 256 g/mol. The van der Waals surface area contributed by atoms with Gasteiger partial charge in [-0.1, -0.05) is 32.6 Å². The maximum absolute atomic E-state index is 4.11. The molecular formula is C19H36N2. The van der Waals surface area contributed by atoms with E-state index in [0.29, 0.717) is 0 Å². The standard InChI is InChI=1S/C19H36N2/c1-2-15-10-12-16(13-11-15)21-19-9-4-3-7-17(19)18-8-5-6-14-20-18/h15-21H,2-14H2,1H3. The average molecular weight is 293 g/mol. The van der Waals surface area contributed by atoms with Crippen molar-refractivity contribution in [1.82, 2.24) is 10.6 Å². The molecule has 0 aromatic carbocycles. The van der Waals surface area contributed by atoms with Crippen LogP contribution in [0.3, 0.4) is 0 Å². The Morgan fingerprint density at radius 1 is 0.857 bits per heavy atom. The van der Waals surface area contributed by atoms with Gasteiger partial charge in [-0.3, -0.25) is 0 Å². The molecule has 0 radical (unpaired) electrons. The van der Waals surface area contributed by atoms with Gasteiger partial charge in [-0.15, -0.1) is 0 Å². The molecule has 2 aliphatic carbocycles. The maximum Gasteiger partial charge on any atom is 0.0113 e.